The monoisotopic (exact) mass is 288 g/mol. The molecule has 1 aromatic carbocycles. The van der Waals surface area contributed by atoms with Gasteiger partial charge in [0.25, 0.3) is 0 Å². The third-order valence-corrected chi connectivity index (χ3v) is 2.87. The van der Waals surface area contributed by atoms with Crippen molar-refractivity contribution >= 4 is 11.6 Å². The van der Waals surface area contributed by atoms with Gasteiger partial charge in [-0.25, -0.2) is 13.2 Å². The van der Waals surface area contributed by atoms with Gasteiger partial charge in [0.1, 0.15) is 17.5 Å². The van der Waals surface area contributed by atoms with Crippen molar-refractivity contribution in [2.75, 3.05) is 5.32 Å². The average molecular weight is 288 g/mol. The third kappa shape index (κ3) is 4.43. The van der Waals surface area contributed by atoms with E-state index in [-0.39, 0.29) is 11.9 Å². The van der Waals surface area contributed by atoms with Crippen LogP contribution in [0.15, 0.2) is 12.1 Å². The van der Waals surface area contributed by atoms with Crippen molar-refractivity contribution in [2.45, 2.75) is 45.7 Å². The van der Waals surface area contributed by atoms with E-state index in [9.17, 15) is 18.0 Å². The highest BCUT2D eigenvalue weighted by Crippen LogP contribution is 2.20. The zero-order valence-corrected chi connectivity index (χ0v) is 11.8. The summed E-state index contributed by atoms with van der Waals surface area (Å²) in [5.74, 6) is -3.50. The first-order valence-corrected chi connectivity index (χ1v) is 6.56. The molecule has 0 aliphatic rings. The van der Waals surface area contributed by atoms with Crippen molar-refractivity contribution in [1.29, 1.82) is 0 Å². The van der Waals surface area contributed by atoms with E-state index in [0.717, 1.165) is 12.8 Å². The standard InChI is InChI=1S/C14H19F3N2O/c1-4-5-8(2)18-14(20)9(3)19-13-11(16)6-10(15)7-12(13)17/h6-9,19H,4-5H2,1-3H3,(H,18,20). The first-order chi connectivity index (χ1) is 9.35. The van der Waals surface area contributed by atoms with Gasteiger partial charge in [0.2, 0.25) is 5.91 Å². The Morgan fingerprint density at radius 3 is 2.25 bits per heavy atom. The average Bonchev–Trinajstić information content (AvgIpc) is 2.33. The maximum Gasteiger partial charge on any atom is 0.242 e. The number of benzene rings is 1. The summed E-state index contributed by atoms with van der Waals surface area (Å²) in [5.41, 5.74) is -0.503. The van der Waals surface area contributed by atoms with E-state index in [0.29, 0.717) is 12.1 Å². The molecule has 2 unspecified atom stereocenters. The molecule has 3 nitrogen and oxygen atoms in total. The van der Waals surface area contributed by atoms with Crippen molar-refractivity contribution < 1.29 is 18.0 Å². The van der Waals surface area contributed by atoms with E-state index in [1.54, 1.807) is 0 Å². The number of hydrogen-bond donors (Lipinski definition) is 2. The lowest BCUT2D eigenvalue weighted by atomic mass is 10.2. The molecule has 2 atom stereocenters. The van der Waals surface area contributed by atoms with Crippen LogP contribution in [0.25, 0.3) is 0 Å². The quantitative estimate of drug-likeness (QED) is 0.844. The van der Waals surface area contributed by atoms with Crippen LogP contribution >= 0.6 is 0 Å². The van der Waals surface area contributed by atoms with Gasteiger partial charge in [0.05, 0.1) is 0 Å². The van der Waals surface area contributed by atoms with Crippen LogP contribution in [0.4, 0.5) is 18.9 Å². The minimum Gasteiger partial charge on any atom is -0.369 e. The molecule has 1 amide bonds. The summed E-state index contributed by atoms with van der Waals surface area (Å²) in [4.78, 5) is 11.8. The number of carbonyl (C=O) groups excluding carboxylic acids is 1. The van der Waals surface area contributed by atoms with Crippen LogP contribution in [-0.2, 0) is 4.79 Å². The SMILES string of the molecule is CCCC(C)NC(=O)C(C)Nc1c(F)cc(F)cc1F. The summed E-state index contributed by atoms with van der Waals surface area (Å²) >= 11 is 0. The molecular formula is C14H19F3N2O. The first-order valence-electron chi connectivity index (χ1n) is 6.56. The summed E-state index contributed by atoms with van der Waals surface area (Å²) in [5, 5.41) is 5.15. The molecule has 0 spiro atoms. The normalized spacial score (nSPS) is 13.7. The molecule has 20 heavy (non-hydrogen) atoms. The smallest absolute Gasteiger partial charge is 0.242 e. The van der Waals surface area contributed by atoms with Crippen molar-refractivity contribution in [2.24, 2.45) is 0 Å². The van der Waals surface area contributed by atoms with Crippen LogP contribution in [0.1, 0.15) is 33.6 Å². The largest absolute Gasteiger partial charge is 0.369 e. The third-order valence-electron chi connectivity index (χ3n) is 2.87. The maximum absolute atomic E-state index is 13.4. The Hall–Kier alpha value is -1.72. The zero-order chi connectivity index (χ0) is 15.3. The zero-order valence-electron chi connectivity index (χ0n) is 11.8. The Balaban J connectivity index is 2.71. The highest BCUT2D eigenvalue weighted by molar-refractivity contribution is 5.84. The molecule has 1 aromatic rings. The molecule has 0 saturated carbocycles. The van der Waals surface area contributed by atoms with Crippen LogP contribution in [0.2, 0.25) is 0 Å². The van der Waals surface area contributed by atoms with Gasteiger partial charge in [-0.3, -0.25) is 4.79 Å². The number of carbonyl (C=O) groups is 1. The maximum atomic E-state index is 13.4. The van der Waals surface area contributed by atoms with Gasteiger partial charge >= 0.3 is 0 Å². The molecule has 0 aromatic heterocycles. The van der Waals surface area contributed by atoms with Crippen LogP contribution in [0.3, 0.4) is 0 Å². The van der Waals surface area contributed by atoms with Gasteiger partial charge in [-0.1, -0.05) is 13.3 Å². The second kappa shape index (κ2) is 7.17. The van der Waals surface area contributed by atoms with E-state index in [4.69, 9.17) is 0 Å². The minimum absolute atomic E-state index is 0.0142. The van der Waals surface area contributed by atoms with Gasteiger partial charge in [-0.15, -0.1) is 0 Å². The lowest BCUT2D eigenvalue weighted by Crippen LogP contribution is -2.42. The lowest BCUT2D eigenvalue weighted by molar-refractivity contribution is -0.122. The van der Waals surface area contributed by atoms with Crippen LogP contribution in [0.5, 0.6) is 0 Å². The van der Waals surface area contributed by atoms with Crippen molar-refractivity contribution in [3.63, 3.8) is 0 Å². The lowest BCUT2D eigenvalue weighted by Gasteiger charge is -2.19. The van der Waals surface area contributed by atoms with E-state index in [1.807, 2.05) is 13.8 Å². The number of hydrogen-bond acceptors (Lipinski definition) is 2. The Kier molecular flexibility index (Phi) is 5.85. The molecule has 0 saturated heterocycles. The summed E-state index contributed by atoms with van der Waals surface area (Å²) in [6, 6.07) is 0.286. The van der Waals surface area contributed by atoms with Crippen molar-refractivity contribution in [3.05, 3.63) is 29.6 Å². The molecule has 0 bridgehead atoms. The van der Waals surface area contributed by atoms with Gasteiger partial charge in [0.15, 0.2) is 11.6 Å². The van der Waals surface area contributed by atoms with Crippen LogP contribution < -0.4 is 10.6 Å². The molecule has 0 heterocycles. The van der Waals surface area contributed by atoms with E-state index in [1.165, 1.54) is 6.92 Å². The highest BCUT2D eigenvalue weighted by atomic mass is 19.1. The second-order valence-electron chi connectivity index (χ2n) is 4.81. The van der Waals surface area contributed by atoms with Crippen molar-refractivity contribution in [1.82, 2.24) is 5.32 Å². The number of halogens is 3. The Labute approximate surface area is 116 Å². The summed E-state index contributed by atoms with van der Waals surface area (Å²) < 4.78 is 39.7. The van der Waals surface area contributed by atoms with Crippen molar-refractivity contribution in [3.8, 4) is 0 Å². The van der Waals surface area contributed by atoms with E-state index >= 15 is 0 Å². The van der Waals surface area contributed by atoms with Crippen LogP contribution in [0, 0.1) is 17.5 Å². The first kappa shape index (κ1) is 16.3. The fourth-order valence-electron chi connectivity index (χ4n) is 1.84. The van der Waals surface area contributed by atoms with Gasteiger partial charge < -0.3 is 10.6 Å². The number of rotatable bonds is 6. The fraction of sp³-hybridized carbons (Fsp3) is 0.500. The summed E-state index contributed by atoms with van der Waals surface area (Å²) in [6.45, 7) is 5.33. The topological polar surface area (TPSA) is 41.1 Å². The second-order valence-corrected chi connectivity index (χ2v) is 4.81. The Bertz CT molecular complexity index is 456. The number of amides is 1. The molecule has 0 aliphatic carbocycles. The molecule has 0 aliphatic heterocycles. The molecule has 112 valence electrons. The molecule has 1 rings (SSSR count). The molecule has 0 fully saturated rings. The molecular weight excluding hydrogens is 269 g/mol. The predicted octanol–water partition coefficient (Wildman–Crippen LogP) is 3.21. The predicted molar refractivity (Wildman–Crippen MR) is 71.9 cm³/mol. The summed E-state index contributed by atoms with van der Waals surface area (Å²) in [6.07, 6.45) is 1.74. The number of nitrogens with one attached hydrogen (secondary N) is 2. The van der Waals surface area contributed by atoms with Gasteiger partial charge in [0, 0.05) is 18.2 Å². The van der Waals surface area contributed by atoms with Gasteiger partial charge in [-0.2, -0.15) is 0 Å². The number of anilines is 1. The van der Waals surface area contributed by atoms with Gasteiger partial charge in [-0.05, 0) is 20.3 Å². The van der Waals surface area contributed by atoms with Crippen LogP contribution in [-0.4, -0.2) is 18.0 Å². The Morgan fingerprint density at radius 2 is 1.75 bits per heavy atom. The highest BCUT2D eigenvalue weighted by Gasteiger charge is 2.19. The molecule has 6 heteroatoms. The fourth-order valence-corrected chi connectivity index (χ4v) is 1.84. The van der Waals surface area contributed by atoms with E-state index < -0.39 is 29.2 Å². The Morgan fingerprint density at radius 1 is 1.20 bits per heavy atom. The minimum atomic E-state index is -1.07. The molecule has 0 radical (unpaired) electrons. The summed E-state index contributed by atoms with van der Waals surface area (Å²) in [7, 11) is 0. The van der Waals surface area contributed by atoms with E-state index in [2.05, 4.69) is 10.6 Å². The molecule has 2 N–H and O–H groups in total.